The second-order valence-electron chi connectivity index (χ2n) is 7.18. The van der Waals surface area contributed by atoms with Gasteiger partial charge >= 0.3 is 0 Å². The van der Waals surface area contributed by atoms with Crippen LogP contribution in [-0.2, 0) is 17.6 Å². The van der Waals surface area contributed by atoms with E-state index in [-0.39, 0.29) is 18.6 Å². The third kappa shape index (κ3) is 4.41. The summed E-state index contributed by atoms with van der Waals surface area (Å²) < 4.78 is 5.60. The second-order valence-corrected chi connectivity index (χ2v) is 7.18. The predicted octanol–water partition coefficient (Wildman–Crippen LogP) is 4.55. The smallest absolute Gasteiger partial charge is 0.258 e. The van der Waals surface area contributed by atoms with Crippen molar-refractivity contribution < 1.29 is 9.53 Å². The van der Waals surface area contributed by atoms with Crippen LogP contribution in [0.15, 0.2) is 42.5 Å². The molecular weight excluding hydrogens is 310 g/mol. The van der Waals surface area contributed by atoms with Crippen LogP contribution >= 0.6 is 0 Å². The van der Waals surface area contributed by atoms with E-state index in [9.17, 15) is 4.79 Å². The number of amides is 1. The van der Waals surface area contributed by atoms with Crippen LogP contribution in [0.3, 0.4) is 0 Å². The topological polar surface area (TPSA) is 38.3 Å². The first kappa shape index (κ1) is 17.5. The van der Waals surface area contributed by atoms with E-state index in [1.807, 2.05) is 31.2 Å². The van der Waals surface area contributed by atoms with Gasteiger partial charge in [-0.25, -0.2) is 0 Å². The molecule has 0 bridgehead atoms. The van der Waals surface area contributed by atoms with Crippen LogP contribution in [0.1, 0.15) is 61.4 Å². The van der Waals surface area contributed by atoms with E-state index in [1.165, 1.54) is 29.5 Å². The largest absolute Gasteiger partial charge is 0.484 e. The molecule has 0 heterocycles. The van der Waals surface area contributed by atoms with Crippen molar-refractivity contribution in [2.75, 3.05) is 6.61 Å². The van der Waals surface area contributed by atoms with Gasteiger partial charge in [0.05, 0.1) is 6.04 Å². The summed E-state index contributed by atoms with van der Waals surface area (Å²) in [6.45, 7) is 6.37. The summed E-state index contributed by atoms with van der Waals surface area (Å²) in [7, 11) is 0. The van der Waals surface area contributed by atoms with E-state index in [4.69, 9.17) is 4.74 Å². The first-order valence-electron chi connectivity index (χ1n) is 9.17. The molecule has 3 rings (SSSR count). The van der Waals surface area contributed by atoms with E-state index in [0.717, 1.165) is 17.7 Å². The Balaban J connectivity index is 1.51. The van der Waals surface area contributed by atoms with Gasteiger partial charge in [-0.2, -0.15) is 0 Å². The van der Waals surface area contributed by atoms with Crippen molar-refractivity contribution in [2.45, 2.75) is 52.0 Å². The van der Waals surface area contributed by atoms with Crippen molar-refractivity contribution in [2.24, 2.45) is 0 Å². The van der Waals surface area contributed by atoms with Gasteiger partial charge in [0.1, 0.15) is 5.75 Å². The lowest BCUT2D eigenvalue weighted by Crippen LogP contribution is -2.31. The number of benzene rings is 2. The molecule has 25 heavy (non-hydrogen) atoms. The number of ether oxygens (including phenoxy) is 1. The number of nitrogens with one attached hydrogen (secondary N) is 1. The standard InChI is InChI=1S/C22H27NO2/c1-15(2)17-9-11-21(12-10-17)25-14-22(24)23-16(3)19-8-7-18-5-4-6-20(18)13-19/h7-13,15-16H,4-6,14H2,1-3H3,(H,23,24)/t16-/m1/s1. The maximum Gasteiger partial charge on any atom is 0.258 e. The second kappa shape index (κ2) is 7.73. The minimum atomic E-state index is -0.0964. The Morgan fingerprint density at radius 3 is 2.40 bits per heavy atom. The molecular formula is C22H27NO2. The van der Waals surface area contributed by atoms with Gasteiger partial charge in [-0.3, -0.25) is 4.79 Å². The predicted molar refractivity (Wildman–Crippen MR) is 101 cm³/mol. The van der Waals surface area contributed by atoms with Gasteiger partial charge in [-0.15, -0.1) is 0 Å². The Labute approximate surface area is 150 Å². The lowest BCUT2D eigenvalue weighted by Gasteiger charge is -2.16. The number of carbonyl (C=O) groups excluding carboxylic acids is 1. The van der Waals surface area contributed by atoms with Crippen molar-refractivity contribution in [1.29, 1.82) is 0 Å². The zero-order chi connectivity index (χ0) is 17.8. The highest BCUT2D eigenvalue weighted by molar-refractivity contribution is 5.78. The molecule has 0 radical (unpaired) electrons. The van der Waals surface area contributed by atoms with Crippen LogP contribution in [-0.4, -0.2) is 12.5 Å². The minimum Gasteiger partial charge on any atom is -0.484 e. The molecule has 2 aromatic carbocycles. The first-order valence-corrected chi connectivity index (χ1v) is 9.17. The normalized spacial score (nSPS) is 14.2. The average molecular weight is 337 g/mol. The molecule has 3 heteroatoms. The maximum absolute atomic E-state index is 12.2. The Hall–Kier alpha value is -2.29. The number of rotatable bonds is 6. The molecule has 2 aromatic rings. The summed E-state index contributed by atoms with van der Waals surface area (Å²) in [5.74, 6) is 1.12. The van der Waals surface area contributed by atoms with Crippen LogP contribution in [0.2, 0.25) is 0 Å². The molecule has 1 aliphatic carbocycles. The van der Waals surface area contributed by atoms with Gasteiger partial charge in [0, 0.05) is 0 Å². The third-order valence-corrected chi connectivity index (χ3v) is 4.92. The lowest BCUT2D eigenvalue weighted by atomic mass is 10.0. The molecule has 0 saturated carbocycles. The monoisotopic (exact) mass is 337 g/mol. The number of hydrogen-bond acceptors (Lipinski definition) is 2. The van der Waals surface area contributed by atoms with Gasteiger partial charge in [0.15, 0.2) is 6.61 Å². The van der Waals surface area contributed by atoms with Gasteiger partial charge < -0.3 is 10.1 Å². The van der Waals surface area contributed by atoms with E-state index >= 15 is 0 Å². The highest BCUT2D eigenvalue weighted by atomic mass is 16.5. The maximum atomic E-state index is 12.2. The molecule has 1 atom stereocenters. The number of fused-ring (bicyclic) bond motifs is 1. The molecule has 3 nitrogen and oxygen atoms in total. The van der Waals surface area contributed by atoms with Crippen LogP contribution in [0, 0.1) is 0 Å². The number of carbonyl (C=O) groups is 1. The van der Waals surface area contributed by atoms with Gasteiger partial charge in [0.2, 0.25) is 0 Å². The minimum absolute atomic E-state index is 0.00897. The summed E-state index contributed by atoms with van der Waals surface area (Å²) in [5, 5.41) is 3.02. The highest BCUT2D eigenvalue weighted by Crippen LogP contribution is 2.25. The quantitative estimate of drug-likeness (QED) is 0.839. The third-order valence-electron chi connectivity index (χ3n) is 4.92. The molecule has 0 aliphatic heterocycles. The number of hydrogen-bond donors (Lipinski definition) is 1. The van der Waals surface area contributed by atoms with Crippen molar-refractivity contribution >= 4 is 5.91 Å². The van der Waals surface area contributed by atoms with Gasteiger partial charge in [0.25, 0.3) is 5.91 Å². The molecule has 1 amide bonds. The van der Waals surface area contributed by atoms with Gasteiger partial charge in [-0.05, 0) is 66.5 Å². The zero-order valence-corrected chi connectivity index (χ0v) is 15.3. The summed E-state index contributed by atoms with van der Waals surface area (Å²) in [5.41, 5.74) is 5.31. The van der Waals surface area contributed by atoms with Crippen molar-refractivity contribution in [3.05, 3.63) is 64.7 Å². The molecule has 0 unspecified atom stereocenters. The fraction of sp³-hybridized carbons (Fsp3) is 0.409. The molecule has 0 saturated heterocycles. The van der Waals surface area contributed by atoms with Crippen LogP contribution in [0.5, 0.6) is 5.75 Å². The molecule has 0 spiro atoms. The van der Waals surface area contributed by atoms with Crippen molar-refractivity contribution in [3.63, 3.8) is 0 Å². The molecule has 0 fully saturated rings. The Morgan fingerprint density at radius 2 is 1.68 bits per heavy atom. The zero-order valence-electron chi connectivity index (χ0n) is 15.3. The Bertz CT molecular complexity index is 734. The van der Waals surface area contributed by atoms with Gasteiger partial charge in [-0.1, -0.05) is 44.2 Å². The Morgan fingerprint density at radius 1 is 1.00 bits per heavy atom. The molecule has 132 valence electrons. The van der Waals surface area contributed by atoms with E-state index < -0.39 is 0 Å². The average Bonchev–Trinajstić information content (AvgIpc) is 3.08. The first-order chi connectivity index (χ1) is 12.0. The Kier molecular flexibility index (Phi) is 5.42. The molecule has 1 aliphatic rings. The highest BCUT2D eigenvalue weighted by Gasteiger charge is 2.15. The van der Waals surface area contributed by atoms with Crippen molar-refractivity contribution in [3.8, 4) is 5.75 Å². The summed E-state index contributed by atoms with van der Waals surface area (Å²) in [6.07, 6.45) is 3.57. The molecule has 0 aromatic heterocycles. The van der Waals surface area contributed by atoms with E-state index in [0.29, 0.717) is 5.92 Å². The summed E-state index contributed by atoms with van der Waals surface area (Å²) >= 11 is 0. The van der Waals surface area contributed by atoms with E-state index in [1.54, 1.807) is 0 Å². The fourth-order valence-corrected chi connectivity index (χ4v) is 3.33. The van der Waals surface area contributed by atoms with E-state index in [2.05, 4.69) is 37.4 Å². The summed E-state index contributed by atoms with van der Waals surface area (Å²) in [4.78, 5) is 12.2. The van der Waals surface area contributed by atoms with Crippen LogP contribution in [0.4, 0.5) is 0 Å². The number of aryl methyl sites for hydroxylation is 2. The fourth-order valence-electron chi connectivity index (χ4n) is 3.33. The van der Waals surface area contributed by atoms with Crippen LogP contribution in [0.25, 0.3) is 0 Å². The van der Waals surface area contributed by atoms with Crippen molar-refractivity contribution in [1.82, 2.24) is 5.32 Å². The SMILES string of the molecule is CC(C)c1ccc(OCC(=O)N[C@H](C)c2ccc3c(c2)CCC3)cc1. The molecule has 1 N–H and O–H groups in total. The lowest BCUT2D eigenvalue weighted by molar-refractivity contribution is -0.123. The van der Waals surface area contributed by atoms with Crippen LogP contribution < -0.4 is 10.1 Å². The summed E-state index contributed by atoms with van der Waals surface area (Å²) in [6, 6.07) is 14.5.